The van der Waals surface area contributed by atoms with Crippen LogP contribution in [0.3, 0.4) is 0 Å². The van der Waals surface area contributed by atoms with Gasteiger partial charge in [0.2, 0.25) is 5.91 Å². The number of hydrogen-bond acceptors (Lipinski definition) is 4. The van der Waals surface area contributed by atoms with Gasteiger partial charge in [0.25, 0.3) is 0 Å². The zero-order valence-corrected chi connectivity index (χ0v) is 15.6. The smallest absolute Gasteiger partial charge is 0.229 e. The van der Waals surface area contributed by atoms with Crippen molar-refractivity contribution in [1.29, 1.82) is 0 Å². The fourth-order valence-electron chi connectivity index (χ4n) is 3.46. The predicted molar refractivity (Wildman–Crippen MR) is 102 cm³/mol. The van der Waals surface area contributed by atoms with E-state index in [9.17, 15) is 4.79 Å². The molecule has 3 rings (SSSR count). The third-order valence-corrected chi connectivity index (χ3v) is 4.87. The number of hydrogen-bond donors (Lipinski definition) is 1. The van der Waals surface area contributed by atoms with Gasteiger partial charge in [-0.3, -0.25) is 14.4 Å². The lowest BCUT2D eigenvalue weighted by Gasteiger charge is -2.32. The monoisotopic (exact) mass is 356 g/mol. The van der Waals surface area contributed by atoms with Crippen LogP contribution in [0.1, 0.15) is 24.1 Å². The summed E-state index contributed by atoms with van der Waals surface area (Å²) in [5.41, 5.74) is 2.22. The van der Waals surface area contributed by atoms with Crippen LogP contribution in [0.2, 0.25) is 0 Å². The van der Waals surface area contributed by atoms with Gasteiger partial charge in [-0.2, -0.15) is 5.10 Å². The maximum atomic E-state index is 12.7. The van der Waals surface area contributed by atoms with Crippen LogP contribution in [-0.2, 0) is 29.5 Å². The lowest BCUT2D eigenvalue weighted by atomic mass is 9.96. The van der Waals surface area contributed by atoms with Crippen LogP contribution in [0, 0.1) is 5.92 Å². The molecule has 1 N–H and O–H groups in total. The van der Waals surface area contributed by atoms with Crippen LogP contribution in [0.15, 0.2) is 36.4 Å². The number of benzene rings is 1. The van der Waals surface area contributed by atoms with Gasteiger partial charge in [0.05, 0.1) is 18.2 Å². The van der Waals surface area contributed by atoms with E-state index in [1.807, 2.05) is 19.2 Å². The first-order valence-corrected chi connectivity index (χ1v) is 9.24. The zero-order chi connectivity index (χ0) is 18.4. The number of rotatable bonds is 7. The molecule has 0 saturated carbocycles. The minimum atomic E-state index is 0.0183. The molecule has 1 amide bonds. The van der Waals surface area contributed by atoms with Gasteiger partial charge in [0.1, 0.15) is 5.82 Å². The largest absolute Gasteiger partial charge is 0.384 e. The molecule has 0 bridgehead atoms. The van der Waals surface area contributed by atoms with Gasteiger partial charge in [0.15, 0.2) is 0 Å². The summed E-state index contributed by atoms with van der Waals surface area (Å²) in [6, 6.07) is 12.4. The van der Waals surface area contributed by atoms with E-state index in [-0.39, 0.29) is 11.8 Å². The summed E-state index contributed by atoms with van der Waals surface area (Å²) in [4.78, 5) is 15.1. The lowest BCUT2D eigenvalue weighted by Crippen LogP contribution is -2.40. The normalized spacial score (nSPS) is 18.0. The molecule has 1 unspecified atom stereocenters. The van der Waals surface area contributed by atoms with Crippen molar-refractivity contribution in [3.63, 3.8) is 0 Å². The molecule has 6 nitrogen and oxygen atoms in total. The lowest BCUT2D eigenvalue weighted by molar-refractivity contribution is -0.121. The maximum absolute atomic E-state index is 12.7. The van der Waals surface area contributed by atoms with E-state index in [2.05, 4.69) is 39.6 Å². The molecule has 1 aliphatic heterocycles. The fraction of sp³-hybridized carbons (Fsp3) is 0.500. The summed E-state index contributed by atoms with van der Waals surface area (Å²) in [7, 11) is 3.53. The van der Waals surface area contributed by atoms with Gasteiger partial charge >= 0.3 is 0 Å². The molecule has 140 valence electrons. The first-order valence-electron chi connectivity index (χ1n) is 9.24. The Kier molecular flexibility index (Phi) is 6.41. The average molecular weight is 356 g/mol. The number of aryl methyl sites for hydroxylation is 1. The second kappa shape index (κ2) is 8.96. The highest BCUT2D eigenvalue weighted by Crippen LogP contribution is 2.21. The quantitative estimate of drug-likeness (QED) is 0.828. The van der Waals surface area contributed by atoms with Gasteiger partial charge in [-0.15, -0.1) is 0 Å². The molecule has 6 heteroatoms. The summed E-state index contributed by atoms with van der Waals surface area (Å²) in [6.45, 7) is 3.37. The number of carbonyl (C=O) groups is 1. The molecule has 1 fully saturated rings. The Balaban J connectivity index is 1.56. The summed E-state index contributed by atoms with van der Waals surface area (Å²) in [5, 5.41) is 7.48. The molecule has 0 spiro atoms. The number of nitrogens with one attached hydrogen (secondary N) is 1. The van der Waals surface area contributed by atoms with Crippen molar-refractivity contribution in [2.75, 3.05) is 32.1 Å². The van der Waals surface area contributed by atoms with Crippen molar-refractivity contribution < 1.29 is 9.53 Å². The topological polar surface area (TPSA) is 59.4 Å². The molecule has 1 saturated heterocycles. The highest BCUT2D eigenvalue weighted by Gasteiger charge is 2.26. The Morgan fingerprint density at radius 2 is 2.15 bits per heavy atom. The number of ether oxygens (including phenoxy) is 1. The van der Waals surface area contributed by atoms with Crippen molar-refractivity contribution in [3.05, 3.63) is 47.7 Å². The van der Waals surface area contributed by atoms with E-state index in [1.165, 1.54) is 5.56 Å². The highest BCUT2D eigenvalue weighted by atomic mass is 16.5. The van der Waals surface area contributed by atoms with Crippen LogP contribution < -0.4 is 5.32 Å². The maximum Gasteiger partial charge on any atom is 0.229 e. The van der Waals surface area contributed by atoms with Crippen molar-refractivity contribution >= 4 is 11.7 Å². The van der Waals surface area contributed by atoms with Crippen molar-refractivity contribution in [1.82, 2.24) is 14.7 Å². The molecular formula is C20H28N4O2. The third kappa shape index (κ3) is 4.93. The number of anilines is 1. The minimum Gasteiger partial charge on any atom is -0.384 e. The van der Waals surface area contributed by atoms with Gasteiger partial charge in [-0.1, -0.05) is 30.3 Å². The number of nitrogens with zero attached hydrogens (tertiary/aromatic N) is 3. The van der Waals surface area contributed by atoms with E-state index in [1.54, 1.807) is 11.8 Å². The molecule has 1 aromatic heterocycles. The first-order chi connectivity index (χ1) is 12.7. The number of carbonyl (C=O) groups excluding carboxylic acids is 1. The Bertz CT molecular complexity index is 714. The zero-order valence-electron chi connectivity index (χ0n) is 15.6. The molecule has 26 heavy (non-hydrogen) atoms. The molecule has 1 aliphatic rings. The number of amides is 1. The van der Waals surface area contributed by atoms with Crippen LogP contribution in [0.4, 0.5) is 5.82 Å². The fourth-order valence-corrected chi connectivity index (χ4v) is 3.46. The van der Waals surface area contributed by atoms with E-state index in [0.717, 1.165) is 50.4 Å². The highest BCUT2D eigenvalue weighted by molar-refractivity contribution is 5.92. The Hall–Kier alpha value is -2.18. The van der Waals surface area contributed by atoms with Crippen molar-refractivity contribution in [3.8, 4) is 0 Å². The standard InChI is InChI=1S/C20H28N4O2/c1-23-19(13-18(22-23)10-12-26-2)21-20(25)17-9-6-11-24(15-17)14-16-7-4-3-5-8-16/h3-5,7-8,13,17H,6,9-12,14-15H2,1-2H3,(H,21,25). The molecular weight excluding hydrogens is 328 g/mol. The minimum absolute atomic E-state index is 0.0183. The van der Waals surface area contributed by atoms with Crippen LogP contribution in [-0.4, -0.2) is 47.4 Å². The number of piperidine rings is 1. The van der Waals surface area contributed by atoms with Crippen molar-refractivity contribution in [2.24, 2.45) is 13.0 Å². The van der Waals surface area contributed by atoms with Gasteiger partial charge in [0, 0.05) is 39.7 Å². The van der Waals surface area contributed by atoms with E-state index in [4.69, 9.17) is 4.74 Å². The van der Waals surface area contributed by atoms with Gasteiger partial charge in [-0.05, 0) is 24.9 Å². The second-order valence-electron chi connectivity index (χ2n) is 6.94. The SMILES string of the molecule is COCCc1cc(NC(=O)C2CCCN(Cc3ccccc3)C2)n(C)n1. The van der Waals surface area contributed by atoms with Crippen LogP contribution in [0.25, 0.3) is 0 Å². The summed E-state index contributed by atoms with van der Waals surface area (Å²) < 4.78 is 6.82. The third-order valence-electron chi connectivity index (χ3n) is 4.87. The van der Waals surface area contributed by atoms with E-state index < -0.39 is 0 Å². The van der Waals surface area contributed by atoms with Gasteiger partial charge < -0.3 is 10.1 Å². The summed E-state index contributed by atoms with van der Waals surface area (Å²) in [6.07, 6.45) is 2.73. The van der Waals surface area contributed by atoms with Crippen molar-refractivity contribution in [2.45, 2.75) is 25.8 Å². The molecule has 0 aliphatic carbocycles. The molecule has 2 aromatic rings. The Labute approximate surface area is 155 Å². The molecule has 2 heterocycles. The Morgan fingerprint density at radius 1 is 1.35 bits per heavy atom. The summed E-state index contributed by atoms with van der Waals surface area (Å²) >= 11 is 0. The average Bonchev–Trinajstić information content (AvgIpc) is 3.00. The first kappa shape index (κ1) is 18.6. The second-order valence-corrected chi connectivity index (χ2v) is 6.94. The Morgan fingerprint density at radius 3 is 2.92 bits per heavy atom. The number of aromatic nitrogens is 2. The predicted octanol–water partition coefficient (Wildman–Crippen LogP) is 2.46. The molecule has 1 aromatic carbocycles. The van der Waals surface area contributed by atoms with Gasteiger partial charge in [-0.25, -0.2) is 0 Å². The molecule has 0 radical (unpaired) electrons. The summed E-state index contributed by atoms with van der Waals surface area (Å²) in [5.74, 6) is 0.857. The van der Waals surface area contributed by atoms with E-state index >= 15 is 0 Å². The number of methoxy groups -OCH3 is 1. The molecule has 1 atom stereocenters. The van der Waals surface area contributed by atoms with Crippen LogP contribution in [0.5, 0.6) is 0 Å². The van der Waals surface area contributed by atoms with E-state index in [0.29, 0.717) is 6.61 Å². The van der Waals surface area contributed by atoms with Crippen LogP contribution >= 0.6 is 0 Å². The number of likely N-dealkylation sites (tertiary alicyclic amines) is 1.